The van der Waals surface area contributed by atoms with Crippen LogP contribution in [0.4, 0.5) is 5.69 Å². The summed E-state index contributed by atoms with van der Waals surface area (Å²) in [5, 5.41) is 11.6. The zero-order chi connectivity index (χ0) is 33.3. The number of hydrogen-bond acceptors (Lipinski definition) is 9. The van der Waals surface area contributed by atoms with Gasteiger partial charge in [0.25, 0.3) is 0 Å². The van der Waals surface area contributed by atoms with Crippen molar-refractivity contribution in [2.75, 3.05) is 52.1 Å². The van der Waals surface area contributed by atoms with E-state index in [0.717, 1.165) is 33.8 Å². The molecule has 1 N–H and O–H groups in total. The van der Waals surface area contributed by atoms with Crippen molar-refractivity contribution in [3.05, 3.63) is 54.1 Å². The van der Waals surface area contributed by atoms with Crippen LogP contribution in [0.15, 0.2) is 48.5 Å². The maximum atomic E-state index is 13.6. The van der Waals surface area contributed by atoms with E-state index < -0.39 is 14.2 Å². The lowest BCUT2D eigenvalue weighted by Crippen LogP contribution is -2.37. The number of nitrogens with zero attached hydrogens (tertiary/aromatic N) is 4. The molecule has 3 aromatic rings. The first-order valence-corrected chi connectivity index (χ1v) is 16.4. The monoisotopic (exact) mass is 655 g/mol. The number of amides is 2. The summed E-state index contributed by atoms with van der Waals surface area (Å²) in [7, 11) is 3.61. The van der Waals surface area contributed by atoms with E-state index >= 15 is 0 Å². The van der Waals surface area contributed by atoms with Gasteiger partial charge in [0.15, 0.2) is 0 Å². The zero-order valence-corrected chi connectivity index (χ0v) is 28.8. The SMILES string of the molecule is COP(OC)OCC(C)(C)COCC(C)(C)OCCNC(=O)CCC(=O)N1Cc2ccccc2-c2c(nnn2C)-c2ccccc21. The van der Waals surface area contributed by atoms with Crippen LogP contribution >= 0.6 is 8.60 Å². The molecule has 1 aromatic heterocycles. The quantitative estimate of drug-likeness (QED) is 0.162. The zero-order valence-electron chi connectivity index (χ0n) is 27.9. The van der Waals surface area contributed by atoms with Crippen molar-refractivity contribution in [2.24, 2.45) is 12.5 Å². The second kappa shape index (κ2) is 16.0. The van der Waals surface area contributed by atoms with Gasteiger partial charge in [-0.2, -0.15) is 0 Å². The average Bonchev–Trinajstić information content (AvgIpc) is 3.40. The summed E-state index contributed by atoms with van der Waals surface area (Å²) >= 11 is 0. The van der Waals surface area contributed by atoms with E-state index in [1.165, 1.54) is 0 Å². The lowest BCUT2D eigenvalue weighted by Gasteiger charge is -2.29. The number of para-hydroxylation sites is 1. The summed E-state index contributed by atoms with van der Waals surface area (Å²) in [4.78, 5) is 28.1. The summed E-state index contributed by atoms with van der Waals surface area (Å²) in [6.07, 6.45) is 0.125. The van der Waals surface area contributed by atoms with Gasteiger partial charge in [0, 0.05) is 57.2 Å². The second-order valence-corrected chi connectivity index (χ2v) is 14.0. The topological polar surface area (TPSA) is 126 Å². The molecule has 0 radical (unpaired) electrons. The van der Waals surface area contributed by atoms with E-state index in [1.807, 2.05) is 83.3 Å². The van der Waals surface area contributed by atoms with Crippen LogP contribution in [0.5, 0.6) is 0 Å². The molecule has 2 heterocycles. The Morgan fingerprint density at radius 2 is 1.63 bits per heavy atom. The van der Waals surface area contributed by atoms with Crippen molar-refractivity contribution in [2.45, 2.75) is 52.7 Å². The molecular weight excluding hydrogens is 609 g/mol. The van der Waals surface area contributed by atoms with Crippen LogP contribution < -0.4 is 10.2 Å². The van der Waals surface area contributed by atoms with E-state index in [2.05, 4.69) is 15.6 Å². The molecule has 46 heavy (non-hydrogen) atoms. The average molecular weight is 656 g/mol. The Kier molecular flexibility index (Phi) is 12.4. The van der Waals surface area contributed by atoms with Gasteiger partial charge in [0.2, 0.25) is 11.8 Å². The minimum Gasteiger partial charge on any atom is -0.378 e. The number of carbonyl (C=O) groups excluding carboxylic acids is 2. The number of hydrogen-bond donors (Lipinski definition) is 1. The van der Waals surface area contributed by atoms with E-state index in [4.69, 9.17) is 23.0 Å². The molecule has 0 saturated heterocycles. The minimum atomic E-state index is -1.35. The molecule has 0 fully saturated rings. The van der Waals surface area contributed by atoms with Gasteiger partial charge in [-0.15, -0.1) is 5.10 Å². The molecule has 250 valence electrons. The number of rotatable bonds is 16. The normalized spacial score (nSPS) is 13.1. The molecule has 13 heteroatoms. The van der Waals surface area contributed by atoms with Crippen LogP contribution in [-0.2, 0) is 46.2 Å². The van der Waals surface area contributed by atoms with Crippen LogP contribution in [0.3, 0.4) is 0 Å². The number of aryl methyl sites for hydroxylation is 1. The maximum absolute atomic E-state index is 13.6. The van der Waals surface area contributed by atoms with Crippen molar-refractivity contribution in [3.8, 4) is 22.5 Å². The second-order valence-electron chi connectivity index (χ2n) is 12.5. The van der Waals surface area contributed by atoms with Gasteiger partial charge in [-0.3, -0.25) is 9.59 Å². The Balaban J connectivity index is 1.25. The first kappa shape index (κ1) is 35.6. The fraction of sp³-hybridized carbons (Fsp3) is 0.515. The Labute approximate surface area is 272 Å². The van der Waals surface area contributed by atoms with Crippen molar-refractivity contribution >= 4 is 26.1 Å². The fourth-order valence-electron chi connectivity index (χ4n) is 5.14. The number of fused-ring (bicyclic) bond motifs is 5. The highest BCUT2D eigenvalue weighted by Crippen LogP contribution is 2.41. The fourth-order valence-corrected chi connectivity index (χ4v) is 5.96. The van der Waals surface area contributed by atoms with Gasteiger partial charge in [-0.05, 0) is 25.5 Å². The molecule has 1 aliphatic heterocycles. The van der Waals surface area contributed by atoms with Crippen molar-refractivity contribution in [1.82, 2.24) is 20.3 Å². The van der Waals surface area contributed by atoms with E-state index in [0.29, 0.717) is 39.5 Å². The predicted molar refractivity (Wildman–Crippen MR) is 177 cm³/mol. The highest BCUT2D eigenvalue weighted by molar-refractivity contribution is 7.41. The Hall–Kier alpha value is -3.25. The van der Waals surface area contributed by atoms with Gasteiger partial charge in [0.1, 0.15) is 5.69 Å². The molecule has 0 spiro atoms. The molecule has 0 saturated carbocycles. The van der Waals surface area contributed by atoms with Gasteiger partial charge in [-0.25, -0.2) is 4.68 Å². The molecule has 0 bridgehead atoms. The van der Waals surface area contributed by atoms with Crippen LogP contribution in [0, 0.1) is 5.41 Å². The molecule has 4 rings (SSSR count). The van der Waals surface area contributed by atoms with Crippen LogP contribution in [-0.4, -0.2) is 79.6 Å². The lowest BCUT2D eigenvalue weighted by atomic mass is 9.95. The Morgan fingerprint density at radius 1 is 0.935 bits per heavy atom. The first-order chi connectivity index (χ1) is 21.9. The number of aromatic nitrogens is 3. The van der Waals surface area contributed by atoms with Crippen molar-refractivity contribution in [1.29, 1.82) is 0 Å². The Bertz CT molecular complexity index is 1470. The molecule has 0 aliphatic carbocycles. The third-order valence-electron chi connectivity index (χ3n) is 7.46. The molecule has 0 atom stereocenters. The third-order valence-corrected chi connectivity index (χ3v) is 8.40. The summed E-state index contributed by atoms with van der Waals surface area (Å²) in [5.74, 6) is -0.356. The van der Waals surface area contributed by atoms with Gasteiger partial charge in [-0.1, -0.05) is 61.5 Å². The third kappa shape index (κ3) is 9.40. The first-order valence-electron chi connectivity index (χ1n) is 15.3. The van der Waals surface area contributed by atoms with Crippen LogP contribution in [0.2, 0.25) is 0 Å². The van der Waals surface area contributed by atoms with Crippen LogP contribution in [0.1, 0.15) is 46.1 Å². The summed E-state index contributed by atoms with van der Waals surface area (Å²) in [6.45, 7) is 10.2. The highest BCUT2D eigenvalue weighted by Gasteiger charge is 2.29. The number of carbonyl (C=O) groups is 2. The molecule has 2 aromatic carbocycles. The summed E-state index contributed by atoms with van der Waals surface area (Å²) < 4.78 is 29.6. The van der Waals surface area contributed by atoms with Crippen molar-refractivity contribution < 1.29 is 32.6 Å². The van der Waals surface area contributed by atoms with Crippen molar-refractivity contribution in [3.63, 3.8) is 0 Å². The molecular formula is C33H46N5O7P. The highest BCUT2D eigenvalue weighted by atomic mass is 31.2. The number of nitrogens with one attached hydrogen (secondary N) is 1. The van der Waals surface area contributed by atoms with E-state index in [1.54, 1.807) is 23.8 Å². The number of ether oxygens (including phenoxy) is 2. The standard InChI is InChI=1S/C33H46N5O7P/c1-32(2,22-45-46(41-6)42-7)21-43-23-33(3,4)44-19-18-34-28(39)16-17-29(40)38-20-24-12-8-9-13-25(24)31-30(35-36-37(31)5)26-14-10-11-15-27(26)38/h8-15H,16-23H2,1-7H3,(H,34,39). The number of benzene rings is 2. The van der Waals surface area contributed by atoms with E-state index in [9.17, 15) is 9.59 Å². The lowest BCUT2D eigenvalue weighted by molar-refractivity contribution is -0.126. The summed E-state index contributed by atoms with van der Waals surface area (Å²) in [5.41, 5.74) is 4.35. The summed E-state index contributed by atoms with van der Waals surface area (Å²) in [6, 6.07) is 15.6. The van der Waals surface area contributed by atoms with Crippen LogP contribution in [0.25, 0.3) is 22.5 Å². The number of anilines is 1. The molecule has 12 nitrogen and oxygen atoms in total. The Morgan fingerprint density at radius 3 is 2.37 bits per heavy atom. The molecule has 2 amide bonds. The molecule has 1 aliphatic rings. The van der Waals surface area contributed by atoms with Gasteiger partial charge in [0.05, 0.1) is 50.0 Å². The maximum Gasteiger partial charge on any atom is 0.332 e. The minimum absolute atomic E-state index is 0.0615. The van der Waals surface area contributed by atoms with Gasteiger partial charge >= 0.3 is 8.60 Å². The predicted octanol–water partition coefficient (Wildman–Crippen LogP) is 5.27. The van der Waals surface area contributed by atoms with E-state index in [-0.39, 0.29) is 30.1 Å². The van der Waals surface area contributed by atoms with Gasteiger partial charge < -0.3 is 33.3 Å². The smallest absolute Gasteiger partial charge is 0.332 e. The largest absolute Gasteiger partial charge is 0.378 e. The molecule has 0 unspecified atom stereocenters.